The number of fused-ring (bicyclic) bond motifs is 1. The molecule has 1 fully saturated rings. The van der Waals surface area contributed by atoms with Gasteiger partial charge in [0.2, 0.25) is 10.0 Å². The lowest BCUT2D eigenvalue weighted by atomic mass is 10.3. The largest absolute Gasteiger partial charge is 0.355 e. The van der Waals surface area contributed by atoms with E-state index in [2.05, 4.69) is 24.7 Å². The van der Waals surface area contributed by atoms with E-state index in [1.54, 1.807) is 12.3 Å². The van der Waals surface area contributed by atoms with Gasteiger partial charge in [-0.15, -0.1) is 0 Å². The Labute approximate surface area is 159 Å². The monoisotopic (exact) mass is 409 g/mol. The van der Waals surface area contributed by atoms with E-state index >= 15 is 0 Å². The highest BCUT2D eigenvalue weighted by atomic mass is 32.2. The van der Waals surface area contributed by atoms with Crippen LogP contribution >= 0.6 is 0 Å². The molecule has 4 rings (SSSR count). The molecule has 0 bridgehead atoms. The molecule has 0 saturated carbocycles. The Kier molecular flexibility index (Phi) is 4.67. The van der Waals surface area contributed by atoms with E-state index in [4.69, 9.17) is 0 Å². The van der Waals surface area contributed by atoms with Crippen LogP contribution in [0.15, 0.2) is 30.9 Å². The lowest BCUT2D eigenvalue weighted by Crippen LogP contribution is -2.36. The average Bonchev–Trinajstić information content (AvgIpc) is 3.26. The van der Waals surface area contributed by atoms with Gasteiger partial charge in [0.1, 0.15) is 17.2 Å². The maximum absolute atomic E-state index is 13.0. The molecule has 0 aliphatic carbocycles. The molecular weight excluding hydrogens is 392 g/mol. The second-order valence-corrected chi connectivity index (χ2v) is 8.32. The smallest absolute Gasteiger partial charge is 0.281 e. The quantitative estimate of drug-likeness (QED) is 0.676. The molecule has 0 aromatic carbocycles. The second kappa shape index (κ2) is 7.02. The summed E-state index contributed by atoms with van der Waals surface area (Å²) in [6.07, 6.45) is 4.66. The number of anilines is 1. The highest BCUT2D eigenvalue weighted by Gasteiger charge is 2.26. The Morgan fingerprint density at radius 3 is 2.82 bits per heavy atom. The van der Waals surface area contributed by atoms with Crippen LogP contribution in [0.2, 0.25) is 0 Å². The summed E-state index contributed by atoms with van der Waals surface area (Å²) in [5, 5.41) is 0. The minimum atomic E-state index is -3.28. The molecule has 4 heterocycles. The first-order valence-electron chi connectivity index (χ1n) is 8.47. The number of imidazole rings is 1. The van der Waals surface area contributed by atoms with Gasteiger partial charge >= 0.3 is 0 Å². The predicted molar refractivity (Wildman–Crippen MR) is 97.6 cm³/mol. The summed E-state index contributed by atoms with van der Waals surface area (Å²) in [7, 11) is -3.28. The van der Waals surface area contributed by atoms with Crippen molar-refractivity contribution in [3.63, 3.8) is 0 Å². The Morgan fingerprint density at radius 1 is 1.25 bits per heavy atom. The van der Waals surface area contributed by atoms with Crippen LogP contribution in [0.1, 0.15) is 18.5 Å². The number of nitrogens with zero attached hydrogens (tertiary/aromatic N) is 6. The first-order chi connectivity index (χ1) is 13.3. The fourth-order valence-electron chi connectivity index (χ4n) is 3.20. The van der Waals surface area contributed by atoms with Gasteiger partial charge in [-0.05, 0) is 12.5 Å². The summed E-state index contributed by atoms with van der Waals surface area (Å²) >= 11 is 0. The zero-order valence-corrected chi connectivity index (χ0v) is 15.6. The molecule has 148 valence electrons. The first kappa shape index (κ1) is 18.6. The van der Waals surface area contributed by atoms with Crippen LogP contribution in [-0.2, 0) is 10.0 Å². The lowest BCUT2D eigenvalue weighted by molar-refractivity contribution is 0.145. The predicted octanol–water partition coefficient (Wildman–Crippen LogP) is 1.25. The third kappa shape index (κ3) is 3.78. The van der Waals surface area contributed by atoms with Gasteiger partial charge < -0.3 is 4.90 Å². The number of hydrogen-bond acceptors (Lipinski definition) is 7. The molecule has 3 aromatic rings. The number of alkyl halides is 2. The summed E-state index contributed by atoms with van der Waals surface area (Å²) < 4.78 is 52.9. The van der Waals surface area contributed by atoms with Crippen molar-refractivity contribution in [3.8, 4) is 11.5 Å². The SMILES string of the molecule is CS(=O)(=O)NC1CCN(c2ccnc(-c3cnc4cnc(C(F)F)cn34)n2)C1. The van der Waals surface area contributed by atoms with Gasteiger partial charge in [0.15, 0.2) is 11.5 Å². The first-order valence-corrected chi connectivity index (χ1v) is 10.4. The Morgan fingerprint density at radius 2 is 2.07 bits per heavy atom. The zero-order valence-electron chi connectivity index (χ0n) is 14.8. The van der Waals surface area contributed by atoms with Crippen LogP contribution in [0, 0.1) is 0 Å². The lowest BCUT2D eigenvalue weighted by Gasteiger charge is -2.18. The number of aromatic nitrogens is 5. The van der Waals surface area contributed by atoms with E-state index in [1.165, 1.54) is 23.0 Å². The maximum Gasteiger partial charge on any atom is 0.281 e. The van der Waals surface area contributed by atoms with E-state index < -0.39 is 16.4 Å². The van der Waals surface area contributed by atoms with Gasteiger partial charge in [-0.25, -0.2) is 41.9 Å². The van der Waals surface area contributed by atoms with Crippen LogP contribution in [0.25, 0.3) is 17.2 Å². The molecule has 1 unspecified atom stereocenters. The van der Waals surface area contributed by atoms with E-state index in [0.29, 0.717) is 42.5 Å². The molecule has 28 heavy (non-hydrogen) atoms. The number of sulfonamides is 1. The minimum absolute atomic E-state index is 0.191. The van der Waals surface area contributed by atoms with E-state index in [0.717, 1.165) is 6.26 Å². The Hall–Kier alpha value is -2.73. The Balaban J connectivity index is 1.63. The van der Waals surface area contributed by atoms with Crippen molar-refractivity contribution >= 4 is 21.5 Å². The molecule has 0 radical (unpaired) electrons. The summed E-state index contributed by atoms with van der Waals surface area (Å²) in [5.74, 6) is 0.955. The van der Waals surface area contributed by atoms with Crippen molar-refractivity contribution in [3.05, 3.63) is 36.5 Å². The average molecular weight is 409 g/mol. The number of hydrogen-bond donors (Lipinski definition) is 1. The molecule has 1 aliphatic heterocycles. The number of rotatable bonds is 5. The summed E-state index contributed by atoms with van der Waals surface area (Å²) in [6.45, 7) is 1.12. The van der Waals surface area contributed by atoms with Gasteiger partial charge in [-0.1, -0.05) is 0 Å². The fourth-order valence-corrected chi connectivity index (χ4v) is 4.00. The normalized spacial score (nSPS) is 17.7. The third-order valence-corrected chi connectivity index (χ3v) is 5.16. The topological polar surface area (TPSA) is 105 Å². The van der Waals surface area contributed by atoms with Crippen molar-refractivity contribution in [2.75, 3.05) is 24.2 Å². The third-order valence-electron chi connectivity index (χ3n) is 4.40. The highest BCUT2D eigenvalue weighted by molar-refractivity contribution is 7.88. The van der Waals surface area contributed by atoms with Crippen molar-refractivity contribution in [1.82, 2.24) is 29.1 Å². The molecule has 1 aliphatic rings. The Bertz CT molecular complexity index is 1120. The van der Waals surface area contributed by atoms with Crippen molar-refractivity contribution in [1.29, 1.82) is 0 Å². The molecule has 9 nitrogen and oxygen atoms in total. The van der Waals surface area contributed by atoms with Crippen molar-refractivity contribution < 1.29 is 17.2 Å². The maximum atomic E-state index is 13.0. The van der Waals surface area contributed by atoms with Crippen LogP contribution in [-0.4, -0.2) is 58.1 Å². The number of nitrogens with one attached hydrogen (secondary N) is 1. The summed E-state index contributed by atoms with van der Waals surface area (Å²) in [5.41, 5.74) is 0.510. The van der Waals surface area contributed by atoms with E-state index in [-0.39, 0.29) is 11.7 Å². The fraction of sp³-hybridized carbons (Fsp3) is 0.375. The summed E-state index contributed by atoms with van der Waals surface area (Å²) in [6, 6.07) is 1.53. The number of halogens is 2. The van der Waals surface area contributed by atoms with Gasteiger partial charge in [-0.3, -0.25) is 4.40 Å². The van der Waals surface area contributed by atoms with Crippen molar-refractivity contribution in [2.45, 2.75) is 18.9 Å². The molecule has 1 saturated heterocycles. The molecule has 1 N–H and O–H groups in total. The zero-order chi connectivity index (χ0) is 19.9. The van der Waals surface area contributed by atoms with Crippen molar-refractivity contribution in [2.24, 2.45) is 0 Å². The van der Waals surface area contributed by atoms with Gasteiger partial charge in [0, 0.05) is 31.5 Å². The van der Waals surface area contributed by atoms with E-state index in [1.807, 2.05) is 4.90 Å². The molecule has 12 heteroatoms. The highest BCUT2D eigenvalue weighted by Crippen LogP contribution is 2.24. The summed E-state index contributed by atoms with van der Waals surface area (Å²) in [4.78, 5) is 18.6. The van der Waals surface area contributed by atoms with Gasteiger partial charge in [-0.2, -0.15) is 0 Å². The van der Waals surface area contributed by atoms with E-state index in [9.17, 15) is 17.2 Å². The van der Waals surface area contributed by atoms with Crippen LogP contribution < -0.4 is 9.62 Å². The molecule has 3 aromatic heterocycles. The minimum Gasteiger partial charge on any atom is -0.355 e. The van der Waals surface area contributed by atoms with Gasteiger partial charge in [0.05, 0.1) is 18.6 Å². The molecule has 0 spiro atoms. The molecule has 0 amide bonds. The van der Waals surface area contributed by atoms with Crippen LogP contribution in [0.3, 0.4) is 0 Å². The second-order valence-electron chi connectivity index (χ2n) is 6.54. The van der Waals surface area contributed by atoms with Crippen LogP contribution in [0.4, 0.5) is 14.6 Å². The van der Waals surface area contributed by atoms with Crippen LogP contribution in [0.5, 0.6) is 0 Å². The molecule has 1 atom stereocenters. The standard InChI is InChI=1S/C16H17F2N7O2S/c1-28(26,27)23-10-3-5-24(8-10)13-2-4-19-16(22-13)12-6-21-14-7-20-11(15(17)18)9-25(12)14/h2,4,6-7,9-10,15,23H,3,5,8H2,1H3. The molecular formula is C16H17F2N7O2S. The van der Waals surface area contributed by atoms with Gasteiger partial charge in [0.25, 0.3) is 6.43 Å².